The van der Waals surface area contributed by atoms with Crippen LogP contribution in [0.3, 0.4) is 0 Å². The van der Waals surface area contributed by atoms with Crippen LogP contribution in [0.4, 0.5) is 0 Å². The van der Waals surface area contributed by atoms with Crippen molar-refractivity contribution in [1.82, 2.24) is 15.0 Å². The van der Waals surface area contributed by atoms with Crippen LogP contribution in [0, 0.1) is 0 Å². The fourth-order valence-electron chi connectivity index (χ4n) is 1.03. The maximum Gasteiger partial charge on any atom is 0.269 e. The van der Waals surface area contributed by atoms with Crippen molar-refractivity contribution in [2.75, 3.05) is 0 Å². The summed E-state index contributed by atoms with van der Waals surface area (Å²) in [4.78, 5) is 23.6. The quantitative estimate of drug-likeness (QED) is 0.784. The van der Waals surface area contributed by atoms with Crippen molar-refractivity contribution in [3.05, 3.63) is 29.8 Å². The minimum atomic E-state index is -0.582. The summed E-state index contributed by atoms with van der Waals surface area (Å²) in [6.07, 6.45) is 4.58. The zero-order chi connectivity index (χ0) is 9.97. The van der Waals surface area contributed by atoms with Crippen molar-refractivity contribution in [3.8, 4) is 10.6 Å². The second kappa shape index (κ2) is 3.51. The molecular formula is C8H6N4OS. The molecule has 14 heavy (non-hydrogen) atoms. The van der Waals surface area contributed by atoms with E-state index in [0.717, 1.165) is 4.88 Å². The highest BCUT2D eigenvalue weighted by Gasteiger charge is 2.13. The van der Waals surface area contributed by atoms with E-state index >= 15 is 0 Å². The third kappa shape index (κ3) is 1.47. The first kappa shape index (κ1) is 8.76. The number of amides is 1. The van der Waals surface area contributed by atoms with Crippen LogP contribution in [0.5, 0.6) is 0 Å². The lowest BCUT2D eigenvalue weighted by Crippen LogP contribution is -2.14. The first-order chi connectivity index (χ1) is 6.79. The Bertz CT molecular complexity index is 454. The van der Waals surface area contributed by atoms with E-state index in [1.807, 2.05) is 0 Å². The highest BCUT2D eigenvalue weighted by Crippen LogP contribution is 2.22. The maximum atomic E-state index is 11.0. The number of hydrogen-bond donors (Lipinski definition) is 1. The molecule has 0 bridgehead atoms. The summed E-state index contributed by atoms with van der Waals surface area (Å²) in [6, 6.07) is 0. The molecule has 0 aliphatic rings. The van der Waals surface area contributed by atoms with Gasteiger partial charge in [-0.1, -0.05) is 0 Å². The molecule has 0 aliphatic heterocycles. The van der Waals surface area contributed by atoms with Crippen LogP contribution < -0.4 is 5.73 Å². The molecule has 2 rings (SSSR count). The van der Waals surface area contributed by atoms with Gasteiger partial charge in [-0.05, 0) is 0 Å². The number of rotatable bonds is 2. The second-order valence-corrected chi connectivity index (χ2v) is 3.37. The Labute approximate surface area is 83.7 Å². The van der Waals surface area contributed by atoms with E-state index in [1.165, 1.54) is 23.7 Å². The van der Waals surface area contributed by atoms with E-state index < -0.39 is 5.91 Å². The second-order valence-electron chi connectivity index (χ2n) is 2.48. The number of nitrogens with zero attached hydrogens (tertiary/aromatic N) is 3. The number of nitrogens with two attached hydrogens (primary N) is 1. The Morgan fingerprint density at radius 1 is 1.36 bits per heavy atom. The van der Waals surface area contributed by atoms with Crippen LogP contribution in [0.15, 0.2) is 24.1 Å². The smallest absolute Gasteiger partial charge is 0.269 e. The zero-order valence-electron chi connectivity index (χ0n) is 7.04. The summed E-state index contributed by atoms with van der Waals surface area (Å²) in [6.45, 7) is 0. The number of aromatic nitrogens is 3. The van der Waals surface area contributed by atoms with Gasteiger partial charge in [0, 0.05) is 18.6 Å². The molecule has 0 unspecified atom stereocenters. The Hall–Kier alpha value is -1.82. The zero-order valence-corrected chi connectivity index (χ0v) is 7.86. The van der Waals surface area contributed by atoms with E-state index in [1.54, 1.807) is 11.7 Å². The summed E-state index contributed by atoms with van der Waals surface area (Å²) in [5.41, 5.74) is 7.49. The molecule has 0 aromatic carbocycles. The average molecular weight is 206 g/mol. The van der Waals surface area contributed by atoms with Gasteiger partial charge < -0.3 is 5.73 Å². The molecule has 0 saturated carbocycles. The molecule has 0 radical (unpaired) electrons. The van der Waals surface area contributed by atoms with Crippen molar-refractivity contribution < 1.29 is 4.79 Å². The molecular weight excluding hydrogens is 200 g/mol. The summed E-state index contributed by atoms with van der Waals surface area (Å²) >= 11 is 1.39. The van der Waals surface area contributed by atoms with E-state index in [0.29, 0.717) is 5.69 Å². The predicted molar refractivity (Wildman–Crippen MR) is 51.7 cm³/mol. The SMILES string of the molecule is NC(=O)c1nccnc1-c1cncs1. The van der Waals surface area contributed by atoms with Gasteiger partial charge in [-0.15, -0.1) is 11.3 Å². The molecule has 0 saturated heterocycles. The van der Waals surface area contributed by atoms with Crippen LogP contribution in [-0.4, -0.2) is 20.9 Å². The molecule has 1 amide bonds. The van der Waals surface area contributed by atoms with Crippen LogP contribution >= 0.6 is 11.3 Å². The van der Waals surface area contributed by atoms with Crippen molar-refractivity contribution in [2.24, 2.45) is 5.73 Å². The minimum Gasteiger partial charge on any atom is -0.364 e. The van der Waals surface area contributed by atoms with Crippen LogP contribution in [0.1, 0.15) is 10.5 Å². The number of thiazole rings is 1. The van der Waals surface area contributed by atoms with Crippen molar-refractivity contribution >= 4 is 17.2 Å². The number of carbonyl (C=O) groups is 1. The third-order valence-corrected chi connectivity index (χ3v) is 2.38. The lowest BCUT2D eigenvalue weighted by Gasteiger charge is -1.99. The molecule has 70 valence electrons. The summed E-state index contributed by atoms with van der Waals surface area (Å²) in [7, 11) is 0. The molecule has 6 heteroatoms. The summed E-state index contributed by atoms with van der Waals surface area (Å²) < 4.78 is 0. The van der Waals surface area contributed by atoms with Crippen LogP contribution in [-0.2, 0) is 0 Å². The third-order valence-electron chi connectivity index (χ3n) is 1.60. The van der Waals surface area contributed by atoms with Gasteiger partial charge in [0.1, 0.15) is 5.69 Å². The van der Waals surface area contributed by atoms with E-state index in [-0.39, 0.29) is 5.69 Å². The van der Waals surface area contributed by atoms with Crippen molar-refractivity contribution in [2.45, 2.75) is 0 Å². The summed E-state index contributed by atoms with van der Waals surface area (Å²) in [5, 5.41) is 0. The number of carbonyl (C=O) groups excluding carboxylic acids is 1. The van der Waals surface area contributed by atoms with E-state index in [2.05, 4.69) is 15.0 Å². The first-order valence-corrected chi connectivity index (χ1v) is 4.66. The normalized spacial score (nSPS) is 10.0. The molecule has 0 aliphatic carbocycles. The maximum absolute atomic E-state index is 11.0. The van der Waals surface area contributed by atoms with E-state index in [9.17, 15) is 4.79 Å². The highest BCUT2D eigenvalue weighted by molar-refractivity contribution is 7.13. The molecule has 2 N–H and O–H groups in total. The average Bonchev–Trinajstić information content (AvgIpc) is 2.70. The Morgan fingerprint density at radius 3 is 2.79 bits per heavy atom. The molecule has 0 spiro atoms. The van der Waals surface area contributed by atoms with Gasteiger partial charge in [0.2, 0.25) is 0 Å². The Kier molecular flexibility index (Phi) is 2.19. The molecule has 2 heterocycles. The fraction of sp³-hybridized carbons (Fsp3) is 0. The lowest BCUT2D eigenvalue weighted by atomic mass is 10.2. The van der Waals surface area contributed by atoms with Crippen LogP contribution in [0.25, 0.3) is 10.6 Å². The Morgan fingerprint density at radius 2 is 2.14 bits per heavy atom. The standard InChI is InChI=1S/C8H6N4OS/c9-8(13)7-6(11-1-2-12-7)5-3-10-4-14-5/h1-4H,(H2,9,13). The van der Waals surface area contributed by atoms with Gasteiger partial charge in [-0.2, -0.15) is 0 Å². The van der Waals surface area contributed by atoms with Crippen molar-refractivity contribution in [3.63, 3.8) is 0 Å². The first-order valence-electron chi connectivity index (χ1n) is 3.78. The van der Waals surface area contributed by atoms with E-state index in [4.69, 9.17) is 5.73 Å². The predicted octanol–water partition coefficient (Wildman–Crippen LogP) is 0.699. The van der Waals surface area contributed by atoms with Gasteiger partial charge in [-0.3, -0.25) is 14.8 Å². The highest BCUT2D eigenvalue weighted by atomic mass is 32.1. The monoisotopic (exact) mass is 206 g/mol. The van der Waals surface area contributed by atoms with Gasteiger partial charge in [-0.25, -0.2) is 4.98 Å². The van der Waals surface area contributed by atoms with Gasteiger partial charge in [0.25, 0.3) is 5.91 Å². The minimum absolute atomic E-state index is 0.178. The molecule has 5 nitrogen and oxygen atoms in total. The topological polar surface area (TPSA) is 81.8 Å². The molecule has 2 aromatic heterocycles. The molecule has 0 fully saturated rings. The molecule has 0 atom stereocenters. The summed E-state index contributed by atoms with van der Waals surface area (Å²) in [5.74, 6) is -0.582. The largest absolute Gasteiger partial charge is 0.364 e. The lowest BCUT2D eigenvalue weighted by molar-refractivity contribution is 0.0996. The fourth-order valence-corrected chi connectivity index (χ4v) is 1.65. The van der Waals surface area contributed by atoms with Gasteiger partial charge >= 0.3 is 0 Å². The van der Waals surface area contributed by atoms with Gasteiger partial charge in [0.15, 0.2) is 5.69 Å². The van der Waals surface area contributed by atoms with Gasteiger partial charge in [0.05, 0.1) is 10.4 Å². The van der Waals surface area contributed by atoms with Crippen molar-refractivity contribution in [1.29, 1.82) is 0 Å². The Balaban J connectivity index is 2.58. The van der Waals surface area contributed by atoms with Crippen LogP contribution in [0.2, 0.25) is 0 Å². The number of hydrogen-bond acceptors (Lipinski definition) is 5. The molecule has 2 aromatic rings. The number of primary amides is 1.